The summed E-state index contributed by atoms with van der Waals surface area (Å²) in [5.74, 6) is 1.77. The molecule has 21 heavy (non-hydrogen) atoms. The van der Waals surface area contributed by atoms with Gasteiger partial charge in [-0.1, -0.05) is 28.1 Å². The Hall–Kier alpha value is -1.52. The van der Waals surface area contributed by atoms with E-state index in [0.29, 0.717) is 0 Å². The van der Waals surface area contributed by atoms with Crippen LogP contribution < -0.4 is 14.8 Å². The first-order valence-electron chi connectivity index (χ1n) is 6.83. The van der Waals surface area contributed by atoms with Gasteiger partial charge in [0.05, 0.1) is 14.2 Å². The molecule has 2 rings (SSSR count). The lowest BCUT2D eigenvalue weighted by atomic mass is 10.1. The van der Waals surface area contributed by atoms with Crippen molar-refractivity contribution in [1.82, 2.24) is 5.32 Å². The van der Waals surface area contributed by atoms with Crippen LogP contribution >= 0.6 is 15.9 Å². The highest BCUT2D eigenvalue weighted by Crippen LogP contribution is 2.24. The van der Waals surface area contributed by atoms with E-state index in [9.17, 15) is 0 Å². The molecule has 1 atom stereocenters. The van der Waals surface area contributed by atoms with E-state index < -0.39 is 0 Å². The molecule has 0 unspecified atom stereocenters. The van der Waals surface area contributed by atoms with E-state index in [4.69, 9.17) is 9.47 Å². The summed E-state index contributed by atoms with van der Waals surface area (Å²) >= 11 is 3.50. The van der Waals surface area contributed by atoms with Gasteiger partial charge in [-0.25, -0.2) is 0 Å². The molecule has 0 aromatic heterocycles. The summed E-state index contributed by atoms with van der Waals surface area (Å²) in [5.41, 5.74) is 2.32. The van der Waals surface area contributed by atoms with Crippen LogP contribution in [0.25, 0.3) is 0 Å². The van der Waals surface area contributed by atoms with Crippen LogP contribution in [-0.2, 0) is 6.54 Å². The van der Waals surface area contributed by atoms with Gasteiger partial charge in [0.25, 0.3) is 0 Å². The predicted octanol–water partition coefficient (Wildman–Crippen LogP) is 4.32. The standard InChI is InChI=1S/C17H20BrNO2/c1-12(13-5-4-6-16(10-13)20-2)19-11-14-9-15(18)7-8-17(14)21-3/h4-10,12,19H,11H2,1-3H3/t12-/m1/s1. The van der Waals surface area contributed by atoms with Crippen molar-refractivity contribution in [3.05, 3.63) is 58.1 Å². The van der Waals surface area contributed by atoms with Crippen molar-refractivity contribution in [3.63, 3.8) is 0 Å². The molecule has 3 nitrogen and oxygen atoms in total. The minimum atomic E-state index is 0.226. The molecule has 0 aliphatic heterocycles. The summed E-state index contributed by atoms with van der Waals surface area (Å²) in [5, 5.41) is 3.51. The SMILES string of the molecule is COc1cccc([C@@H](C)NCc2cc(Br)ccc2OC)c1. The first-order chi connectivity index (χ1) is 10.1. The smallest absolute Gasteiger partial charge is 0.123 e. The van der Waals surface area contributed by atoms with Crippen molar-refractivity contribution in [2.24, 2.45) is 0 Å². The zero-order valence-corrected chi connectivity index (χ0v) is 14.1. The van der Waals surface area contributed by atoms with E-state index in [1.54, 1.807) is 14.2 Å². The maximum absolute atomic E-state index is 5.39. The van der Waals surface area contributed by atoms with Gasteiger partial charge in [-0.3, -0.25) is 0 Å². The van der Waals surface area contributed by atoms with Gasteiger partial charge in [-0.15, -0.1) is 0 Å². The molecule has 0 aliphatic rings. The van der Waals surface area contributed by atoms with E-state index in [-0.39, 0.29) is 6.04 Å². The van der Waals surface area contributed by atoms with Crippen molar-refractivity contribution >= 4 is 15.9 Å². The molecule has 112 valence electrons. The molecule has 4 heteroatoms. The molecule has 0 amide bonds. The third-order valence-electron chi connectivity index (χ3n) is 3.43. The summed E-state index contributed by atoms with van der Waals surface area (Å²) < 4.78 is 11.7. The van der Waals surface area contributed by atoms with Crippen LogP contribution in [-0.4, -0.2) is 14.2 Å². The fourth-order valence-corrected chi connectivity index (χ4v) is 2.59. The monoisotopic (exact) mass is 349 g/mol. The lowest BCUT2D eigenvalue weighted by molar-refractivity contribution is 0.405. The average molecular weight is 350 g/mol. The Balaban J connectivity index is 2.06. The number of hydrogen-bond donors (Lipinski definition) is 1. The van der Waals surface area contributed by atoms with Crippen LogP contribution in [0.3, 0.4) is 0 Å². The van der Waals surface area contributed by atoms with Crippen LogP contribution in [0, 0.1) is 0 Å². The number of nitrogens with one attached hydrogen (secondary N) is 1. The topological polar surface area (TPSA) is 30.5 Å². The second-order valence-electron chi connectivity index (χ2n) is 4.84. The molecule has 1 N–H and O–H groups in total. The summed E-state index contributed by atoms with van der Waals surface area (Å²) in [6, 6.07) is 14.4. The quantitative estimate of drug-likeness (QED) is 0.842. The van der Waals surface area contributed by atoms with Crippen molar-refractivity contribution in [3.8, 4) is 11.5 Å². The second-order valence-corrected chi connectivity index (χ2v) is 5.75. The molecule has 2 aromatic carbocycles. The Bertz CT molecular complexity index is 601. The second kappa shape index (κ2) is 7.48. The summed E-state index contributed by atoms with van der Waals surface area (Å²) in [4.78, 5) is 0. The van der Waals surface area contributed by atoms with Gasteiger partial charge in [-0.2, -0.15) is 0 Å². The summed E-state index contributed by atoms with van der Waals surface area (Å²) in [7, 11) is 3.38. The van der Waals surface area contributed by atoms with Gasteiger partial charge in [0.2, 0.25) is 0 Å². The maximum atomic E-state index is 5.39. The fourth-order valence-electron chi connectivity index (χ4n) is 2.18. The minimum Gasteiger partial charge on any atom is -0.497 e. The Labute approximate surface area is 134 Å². The highest BCUT2D eigenvalue weighted by molar-refractivity contribution is 9.10. The third-order valence-corrected chi connectivity index (χ3v) is 3.93. The third kappa shape index (κ3) is 4.22. The average Bonchev–Trinajstić information content (AvgIpc) is 2.52. The molecular weight excluding hydrogens is 330 g/mol. The van der Waals surface area contributed by atoms with E-state index in [0.717, 1.165) is 28.1 Å². The van der Waals surface area contributed by atoms with Gasteiger partial charge in [0, 0.05) is 22.6 Å². The fraction of sp³-hybridized carbons (Fsp3) is 0.294. The van der Waals surface area contributed by atoms with E-state index in [1.165, 1.54) is 5.56 Å². The highest BCUT2D eigenvalue weighted by Gasteiger charge is 2.09. The molecule has 0 radical (unpaired) electrons. The molecular formula is C17H20BrNO2. The van der Waals surface area contributed by atoms with Crippen LogP contribution in [0.15, 0.2) is 46.9 Å². The molecule has 0 aliphatic carbocycles. The first-order valence-corrected chi connectivity index (χ1v) is 7.63. The zero-order chi connectivity index (χ0) is 15.2. The van der Waals surface area contributed by atoms with Gasteiger partial charge in [0.1, 0.15) is 11.5 Å². The van der Waals surface area contributed by atoms with Gasteiger partial charge >= 0.3 is 0 Å². The van der Waals surface area contributed by atoms with Gasteiger partial charge in [-0.05, 0) is 42.8 Å². The Kier molecular flexibility index (Phi) is 5.65. The summed E-state index contributed by atoms with van der Waals surface area (Å²) in [6.45, 7) is 2.88. The van der Waals surface area contributed by atoms with Crippen LogP contribution in [0.4, 0.5) is 0 Å². The lowest BCUT2D eigenvalue weighted by Gasteiger charge is -2.16. The van der Waals surface area contributed by atoms with Crippen LogP contribution in [0.2, 0.25) is 0 Å². The van der Waals surface area contributed by atoms with E-state index in [1.807, 2.05) is 24.3 Å². The van der Waals surface area contributed by atoms with Crippen molar-refractivity contribution < 1.29 is 9.47 Å². The van der Waals surface area contributed by atoms with Crippen molar-refractivity contribution in [1.29, 1.82) is 0 Å². The number of benzene rings is 2. The molecule has 0 saturated carbocycles. The molecule has 0 fully saturated rings. The largest absolute Gasteiger partial charge is 0.497 e. The Morgan fingerprint density at radius 3 is 2.62 bits per heavy atom. The van der Waals surface area contributed by atoms with E-state index >= 15 is 0 Å². The van der Waals surface area contributed by atoms with Gasteiger partial charge < -0.3 is 14.8 Å². The number of rotatable bonds is 6. The lowest BCUT2D eigenvalue weighted by Crippen LogP contribution is -2.18. The number of hydrogen-bond acceptors (Lipinski definition) is 3. The summed E-state index contributed by atoms with van der Waals surface area (Å²) in [6.07, 6.45) is 0. The molecule has 0 saturated heterocycles. The highest BCUT2D eigenvalue weighted by atomic mass is 79.9. The van der Waals surface area contributed by atoms with Crippen molar-refractivity contribution in [2.45, 2.75) is 19.5 Å². The number of ether oxygens (including phenoxy) is 2. The maximum Gasteiger partial charge on any atom is 0.123 e. The molecule has 2 aromatic rings. The van der Waals surface area contributed by atoms with Crippen LogP contribution in [0.1, 0.15) is 24.1 Å². The number of halogens is 1. The Morgan fingerprint density at radius 2 is 1.90 bits per heavy atom. The number of methoxy groups -OCH3 is 2. The zero-order valence-electron chi connectivity index (χ0n) is 12.5. The van der Waals surface area contributed by atoms with Crippen molar-refractivity contribution in [2.75, 3.05) is 14.2 Å². The minimum absolute atomic E-state index is 0.226. The first kappa shape index (κ1) is 15.9. The Morgan fingerprint density at radius 1 is 1.10 bits per heavy atom. The molecule has 0 bridgehead atoms. The predicted molar refractivity (Wildman–Crippen MR) is 88.9 cm³/mol. The normalized spacial score (nSPS) is 12.0. The molecule has 0 heterocycles. The van der Waals surface area contributed by atoms with Crippen LogP contribution in [0.5, 0.6) is 11.5 Å². The van der Waals surface area contributed by atoms with Gasteiger partial charge in [0.15, 0.2) is 0 Å². The molecule has 0 spiro atoms. The van der Waals surface area contributed by atoms with E-state index in [2.05, 4.69) is 46.4 Å².